The largest absolute Gasteiger partial charge is 0.494 e. The van der Waals surface area contributed by atoms with Gasteiger partial charge in [0, 0.05) is 11.6 Å². The molecule has 0 atom stereocenters. The van der Waals surface area contributed by atoms with Gasteiger partial charge in [0.05, 0.1) is 43.2 Å². The van der Waals surface area contributed by atoms with E-state index in [9.17, 15) is 23.1 Å². The standard InChI is InChI=1S/C26H27N3O8S/c1-4-37-20-11-9-19(10-12-20)29(38(33,34)21-13-14-23(35-2)24(15-21)36-3)17-25(30)28-27-16-18-7-5-6-8-22(18)26(31)32/h5-16H,4,17H2,1-3H3,(H,28,30)(H,31,32)/b27-16-. The highest BCUT2D eigenvalue weighted by Crippen LogP contribution is 2.32. The van der Waals surface area contributed by atoms with Crippen molar-refractivity contribution in [2.75, 3.05) is 31.7 Å². The lowest BCUT2D eigenvalue weighted by molar-refractivity contribution is -0.119. The Balaban J connectivity index is 1.92. The summed E-state index contributed by atoms with van der Waals surface area (Å²) < 4.78 is 44.1. The molecule has 0 aromatic heterocycles. The number of hydrazone groups is 1. The molecule has 0 radical (unpaired) electrons. The van der Waals surface area contributed by atoms with Gasteiger partial charge in [-0.15, -0.1) is 0 Å². The average molecular weight is 542 g/mol. The number of rotatable bonds is 12. The molecule has 12 heteroatoms. The van der Waals surface area contributed by atoms with Gasteiger partial charge in [0.1, 0.15) is 12.3 Å². The third-order valence-corrected chi connectivity index (χ3v) is 7.02. The number of nitrogens with zero attached hydrogens (tertiary/aromatic N) is 2. The maximum atomic E-state index is 13.7. The Hall–Kier alpha value is -4.58. The summed E-state index contributed by atoms with van der Waals surface area (Å²) in [5, 5.41) is 13.1. The lowest BCUT2D eigenvalue weighted by atomic mass is 10.1. The Morgan fingerprint density at radius 1 is 1.00 bits per heavy atom. The number of hydrogen-bond acceptors (Lipinski definition) is 8. The summed E-state index contributed by atoms with van der Waals surface area (Å²) in [6, 6.07) is 16.4. The zero-order chi connectivity index (χ0) is 27.7. The maximum Gasteiger partial charge on any atom is 0.336 e. The first kappa shape index (κ1) is 28.0. The van der Waals surface area contributed by atoms with Crippen molar-refractivity contribution in [2.45, 2.75) is 11.8 Å². The minimum Gasteiger partial charge on any atom is -0.494 e. The van der Waals surface area contributed by atoms with Crippen molar-refractivity contribution in [1.29, 1.82) is 0 Å². The molecule has 3 aromatic rings. The van der Waals surface area contributed by atoms with Crippen molar-refractivity contribution in [3.63, 3.8) is 0 Å². The van der Waals surface area contributed by atoms with E-state index in [1.165, 1.54) is 62.9 Å². The van der Waals surface area contributed by atoms with E-state index in [1.54, 1.807) is 24.3 Å². The van der Waals surface area contributed by atoms with Crippen molar-refractivity contribution >= 4 is 33.8 Å². The fraction of sp³-hybridized carbons (Fsp3) is 0.192. The van der Waals surface area contributed by atoms with Crippen molar-refractivity contribution in [2.24, 2.45) is 5.10 Å². The molecule has 0 heterocycles. The van der Waals surface area contributed by atoms with Gasteiger partial charge in [0.15, 0.2) is 11.5 Å². The van der Waals surface area contributed by atoms with E-state index < -0.39 is 28.4 Å². The monoisotopic (exact) mass is 541 g/mol. The Bertz CT molecular complexity index is 1420. The van der Waals surface area contributed by atoms with Gasteiger partial charge >= 0.3 is 5.97 Å². The fourth-order valence-corrected chi connectivity index (χ4v) is 4.88. The zero-order valence-corrected chi connectivity index (χ0v) is 21.8. The van der Waals surface area contributed by atoms with Crippen molar-refractivity contribution in [1.82, 2.24) is 5.43 Å². The van der Waals surface area contributed by atoms with Crippen LogP contribution in [0.5, 0.6) is 17.2 Å². The van der Waals surface area contributed by atoms with Gasteiger partial charge in [-0.3, -0.25) is 9.10 Å². The van der Waals surface area contributed by atoms with Gasteiger partial charge < -0.3 is 19.3 Å². The van der Waals surface area contributed by atoms with Crippen LogP contribution in [0.3, 0.4) is 0 Å². The highest BCUT2D eigenvalue weighted by Gasteiger charge is 2.28. The second kappa shape index (κ2) is 12.6. The third-order valence-electron chi connectivity index (χ3n) is 5.25. The normalized spacial score (nSPS) is 11.1. The minimum atomic E-state index is -4.26. The second-order valence-electron chi connectivity index (χ2n) is 7.64. The van der Waals surface area contributed by atoms with Crippen LogP contribution in [-0.2, 0) is 14.8 Å². The molecule has 0 aliphatic heterocycles. The Labute approximate surface area is 220 Å². The molecule has 1 amide bonds. The number of carboxylic acids is 1. The van der Waals surface area contributed by atoms with Gasteiger partial charge in [-0.25, -0.2) is 18.6 Å². The molecular formula is C26H27N3O8S. The van der Waals surface area contributed by atoms with Gasteiger partial charge in [0.2, 0.25) is 0 Å². The number of carbonyl (C=O) groups is 2. The first-order chi connectivity index (χ1) is 18.2. The van der Waals surface area contributed by atoms with E-state index in [4.69, 9.17) is 14.2 Å². The molecule has 0 spiro atoms. The second-order valence-corrected chi connectivity index (χ2v) is 9.50. The number of nitrogens with one attached hydrogen (secondary N) is 1. The van der Waals surface area contributed by atoms with E-state index in [-0.39, 0.29) is 27.5 Å². The van der Waals surface area contributed by atoms with E-state index in [0.717, 1.165) is 4.31 Å². The highest BCUT2D eigenvalue weighted by molar-refractivity contribution is 7.92. The highest BCUT2D eigenvalue weighted by atomic mass is 32.2. The number of amides is 1. The van der Waals surface area contributed by atoms with Crippen LogP contribution in [0, 0.1) is 0 Å². The molecule has 0 aliphatic carbocycles. The van der Waals surface area contributed by atoms with Gasteiger partial charge in [-0.2, -0.15) is 5.10 Å². The molecule has 0 aliphatic rings. The minimum absolute atomic E-state index is 0.00227. The Morgan fingerprint density at radius 2 is 1.68 bits per heavy atom. The molecule has 0 bridgehead atoms. The van der Waals surface area contributed by atoms with Crippen LogP contribution < -0.4 is 23.9 Å². The average Bonchev–Trinajstić information content (AvgIpc) is 2.92. The molecule has 38 heavy (non-hydrogen) atoms. The molecule has 0 fully saturated rings. The molecule has 0 saturated carbocycles. The molecule has 0 unspecified atom stereocenters. The number of aromatic carboxylic acids is 1. The SMILES string of the molecule is CCOc1ccc(N(CC(=O)N/N=C\c2ccccc2C(=O)O)S(=O)(=O)c2ccc(OC)c(OC)c2)cc1. The van der Waals surface area contributed by atoms with Crippen LogP contribution in [0.2, 0.25) is 0 Å². The molecule has 0 saturated heterocycles. The Kier molecular flexibility index (Phi) is 9.28. The van der Waals surface area contributed by atoms with Crippen LogP contribution in [0.15, 0.2) is 76.7 Å². The predicted octanol–water partition coefficient (Wildman–Crippen LogP) is 3.15. The van der Waals surface area contributed by atoms with Gasteiger partial charge in [-0.1, -0.05) is 18.2 Å². The molecular weight excluding hydrogens is 514 g/mol. The van der Waals surface area contributed by atoms with E-state index in [1.807, 2.05) is 6.92 Å². The lowest BCUT2D eigenvalue weighted by Gasteiger charge is -2.24. The fourth-order valence-electron chi connectivity index (χ4n) is 3.44. The quantitative estimate of drug-likeness (QED) is 0.263. The van der Waals surface area contributed by atoms with Crippen molar-refractivity contribution in [3.8, 4) is 17.2 Å². The third kappa shape index (κ3) is 6.59. The maximum absolute atomic E-state index is 13.7. The number of anilines is 1. The predicted molar refractivity (Wildman–Crippen MR) is 141 cm³/mol. The van der Waals surface area contributed by atoms with E-state index in [0.29, 0.717) is 18.1 Å². The number of sulfonamides is 1. The van der Waals surface area contributed by atoms with Crippen molar-refractivity contribution in [3.05, 3.63) is 77.9 Å². The first-order valence-corrected chi connectivity index (χ1v) is 12.8. The van der Waals surface area contributed by atoms with Crippen LogP contribution >= 0.6 is 0 Å². The van der Waals surface area contributed by atoms with Crippen LogP contribution in [-0.4, -0.2) is 59.0 Å². The summed E-state index contributed by atoms with van der Waals surface area (Å²) in [5.41, 5.74) is 2.73. The summed E-state index contributed by atoms with van der Waals surface area (Å²) in [6.45, 7) is 1.63. The van der Waals surface area contributed by atoms with Gasteiger partial charge in [0.25, 0.3) is 15.9 Å². The summed E-state index contributed by atoms with van der Waals surface area (Å²) in [7, 11) is -1.45. The number of ether oxygens (including phenoxy) is 3. The summed E-state index contributed by atoms with van der Waals surface area (Å²) in [4.78, 5) is 24.0. The van der Waals surface area contributed by atoms with Crippen LogP contribution in [0.1, 0.15) is 22.8 Å². The van der Waals surface area contributed by atoms with E-state index in [2.05, 4.69) is 10.5 Å². The van der Waals surface area contributed by atoms with E-state index >= 15 is 0 Å². The molecule has 3 aromatic carbocycles. The Morgan fingerprint density at radius 3 is 2.32 bits per heavy atom. The van der Waals surface area contributed by atoms with Crippen LogP contribution in [0.4, 0.5) is 5.69 Å². The molecule has 200 valence electrons. The number of carbonyl (C=O) groups excluding carboxylic acids is 1. The smallest absolute Gasteiger partial charge is 0.336 e. The molecule has 2 N–H and O–H groups in total. The number of benzene rings is 3. The van der Waals surface area contributed by atoms with Gasteiger partial charge in [-0.05, 0) is 49.4 Å². The number of hydrogen-bond donors (Lipinski definition) is 2. The topological polar surface area (TPSA) is 144 Å². The zero-order valence-electron chi connectivity index (χ0n) is 21.0. The first-order valence-electron chi connectivity index (χ1n) is 11.3. The van der Waals surface area contributed by atoms with Crippen molar-refractivity contribution < 1.29 is 37.3 Å². The lowest BCUT2D eigenvalue weighted by Crippen LogP contribution is -2.39. The summed E-state index contributed by atoms with van der Waals surface area (Å²) >= 11 is 0. The number of methoxy groups -OCH3 is 2. The molecule has 3 rings (SSSR count). The molecule has 11 nitrogen and oxygen atoms in total. The summed E-state index contributed by atoms with van der Waals surface area (Å²) in [6.07, 6.45) is 1.17. The number of carboxylic acid groups (broad SMARTS) is 1. The summed E-state index contributed by atoms with van der Waals surface area (Å²) in [5.74, 6) is -0.835. The van der Waals surface area contributed by atoms with Crippen LogP contribution in [0.25, 0.3) is 0 Å².